The summed E-state index contributed by atoms with van der Waals surface area (Å²) < 4.78 is 6.11. The van der Waals surface area contributed by atoms with Crippen LogP contribution in [-0.4, -0.2) is 37.3 Å². The number of ether oxygens (including phenoxy) is 1. The van der Waals surface area contributed by atoms with Gasteiger partial charge in [0.1, 0.15) is 11.9 Å². The van der Waals surface area contributed by atoms with Crippen molar-refractivity contribution in [1.29, 1.82) is 0 Å². The molecule has 2 aromatic rings. The highest BCUT2D eigenvalue weighted by atomic mass is 16.5. The third kappa shape index (κ3) is 4.31. The minimum absolute atomic E-state index is 0.154. The SMILES string of the molecule is Cc1ccc(O)cc1C(OCCN(C)C)c1ccccc1. The first kappa shape index (κ1) is 15.5. The lowest BCUT2D eigenvalue weighted by atomic mass is 9.97. The number of hydrogen-bond donors (Lipinski definition) is 1. The fourth-order valence-corrected chi connectivity index (χ4v) is 2.26. The molecule has 0 saturated carbocycles. The largest absolute Gasteiger partial charge is 0.508 e. The lowest BCUT2D eigenvalue weighted by Crippen LogP contribution is -2.20. The minimum atomic E-state index is -0.154. The second kappa shape index (κ2) is 7.25. The molecule has 0 heterocycles. The molecule has 0 aliphatic heterocycles. The zero-order valence-electron chi connectivity index (χ0n) is 12.9. The van der Waals surface area contributed by atoms with Crippen LogP contribution < -0.4 is 0 Å². The normalized spacial score (nSPS) is 12.6. The van der Waals surface area contributed by atoms with Crippen LogP contribution in [0.2, 0.25) is 0 Å². The molecule has 0 bridgehead atoms. The van der Waals surface area contributed by atoms with Gasteiger partial charge in [-0.05, 0) is 49.8 Å². The number of likely N-dealkylation sites (N-methyl/N-ethyl adjacent to an activating group) is 1. The van der Waals surface area contributed by atoms with Crippen LogP contribution in [-0.2, 0) is 4.74 Å². The van der Waals surface area contributed by atoms with Gasteiger partial charge in [0, 0.05) is 6.54 Å². The Morgan fingerprint density at radius 3 is 2.48 bits per heavy atom. The molecule has 112 valence electrons. The van der Waals surface area contributed by atoms with E-state index in [4.69, 9.17) is 4.74 Å². The van der Waals surface area contributed by atoms with Crippen molar-refractivity contribution in [3.8, 4) is 5.75 Å². The number of nitrogens with zero attached hydrogens (tertiary/aromatic N) is 1. The van der Waals surface area contributed by atoms with Crippen molar-refractivity contribution in [3.05, 3.63) is 65.2 Å². The molecule has 0 amide bonds. The highest BCUT2D eigenvalue weighted by Gasteiger charge is 2.17. The molecule has 21 heavy (non-hydrogen) atoms. The first-order valence-corrected chi connectivity index (χ1v) is 7.18. The van der Waals surface area contributed by atoms with Crippen molar-refractivity contribution in [2.24, 2.45) is 0 Å². The van der Waals surface area contributed by atoms with Crippen LogP contribution in [0.15, 0.2) is 48.5 Å². The quantitative estimate of drug-likeness (QED) is 0.883. The van der Waals surface area contributed by atoms with Gasteiger partial charge < -0.3 is 14.7 Å². The molecule has 0 aliphatic carbocycles. The maximum absolute atomic E-state index is 9.78. The van der Waals surface area contributed by atoms with Gasteiger partial charge in [-0.3, -0.25) is 0 Å². The summed E-state index contributed by atoms with van der Waals surface area (Å²) in [5, 5.41) is 9.78. The van der Waals surface area contributed by atoms with Crippen LogP contribution in [0, 0.1) is 6.92 Å². The summed E-state index contributed by atoms with van der Waals surface area (Å²) in [5.74, 6) is 0.271. The third-order valence-corrected chi connectivity index (χ3v) is 3.47. The number of phenols is 1. The third-order valence-electron chi connectivity index (χ3n) is 3.47. The number of aryl methyl sites for hydroxylation is 1. The van der Waals surface area contributed by atoms with Crippen LogP contribution in [0.5, 0.6) is 5.75 Å². The summed E-state index contributed by atoms with van der Waals surface area (Å²) >= 11 is 0. The average Bonchev–Trinajstić information content (AvgIpc) is 2.47. The molecule has 3 heteroatoms. The Morgan fingerprint density at radius 2 is 1.81 bits per heavy atom. The second-order valence-corrected chi connectivity index (χ2v) is 5.51. The van der Waals surface area contributed by atoms with Gasteiger partial charge in [-0.2, -0.15) is 0 Å². The van der Waals surface area contributed by atoms with Crippen LogP contribution in [0.3, 0.4) is 0 Å². The first-order chi connectivity index (χ1) is 10.1. The summed E-state index contributed by atoms with van der Waals surface area (Å²) in [6.07, 6.45) is -0.154. The molecule has 3 nitrogen and oxygen atoms in total. The number of hydrogen-bond acceptors (Lipinski definition) is 3. The summed E-state index contributed by atoms with van der Waals surface area (Å²) in [6.45, 7) is 3.54. The van der Waals surface area contributed by atoms with Crippen molar-refractivity contribution in [1.82, 2.24) is 4.90 Å². The highest BCUT2D eigenvalue weighted by Crippen LogP contribution is 2.30. The Balaban J connectivity index is 2.29. The Morgan fingerprint density at radius 1 is 1.10 bits per heavy atom. The van der Waals surface area contributed by atoms with Gasteiger partial charge in [-0.1, -0.05) is 36.4 Å². The molecule has 1 atom stereocenters. The Bertz CT molecular complexity index is 567. The van der Waals surface area contributed by atoms with Gasteiger partial charge in [-0.25, -0.2) is 0 Å². The van der Waals surface area contributed by atoms with E-state index >= 15 is 0 Å². The molecule has 0 radical (unpaired) electrons. The van der Waals surface area contributed by atoms with Gasteiger partial charge in [0.05, 0.1) is 6.61 Å². The van der Waals surface area contributed by atoms with Crippen LogP contribution in [0.25, 0.3) is 0 Å². The van der Waals surface area contributed by atoms with Crippen molar-refractivity contribution in [3.63, 3.8) is 0 Å². The molecular formula is C18H23NO2. The summed E-state index contributed by atoms with van der Waals surface area (Å²) in [6, 6.07) is 15.6. The molecule has 0 spiro atoms. The summed E-state index contributed by atoms with van der Waals surface area (Å²) in [4.78, 5) is 2.09. The van der Waals surface area contributed by atoms with E-state index in [1.54, 1.807) is 12.1 Å². The lowest BCUT2D eigenvalue weighted by molar-refractivity contribution is 0.0682. The number of benzene rings is 2. The summed E-state index contributed by atoms with van der Waals surface area (Å²) in [5.41, 5.74) is 3.23. The zero-order valence-corrected chi connectivity index (χ0v) is 12.9. The Hall–Kier alpha value is -1.84. The van der Waals surface area contributed by atoms with Crippen molar-refractivity contribution in [2.75, 3.05) is 27.2 Å². The van der Waals surface area contributed by atoms with Gasteiger partial charge in [0.2, 0.25) is 0 Å². The Kier molecular flexibility index (Phi) is 5.37. The molecule has 0 saturated heterocycles. The van der Waals surface area contributed by atoms with Gasteiger partial charge in [-0.15, -0.1) is 0 Å². The van der Waals surface area contributed by atoms with Crippen molar-refractivity contribution >= 4 is 0 Å². The molecule has 2 aromatic carbocycles. The van der Waals surface area contributed by atoms with Gasteiger partial charge >= 0.3 is 0 Å². The van der Waals surface area contributed by atoms with E-state index in [0.29, 0.717) is 6.61 Å². The van der Waals surface area contributed by atoms with Crippen molar-refractivity contribution < 1.29 is 9.84 Å². The highest BCUT2D eigenvalue weighted by molar-refractivity contribution is 5.40. The molecule has 2 rings (SSSR count). The molecule has 1 unspecified atom stereocenters. The number of aromatic hydroxyl groups is 1. The van der Waals surface area contributed by atoms with Crippen LogP contribution in [0.1, 0.15) is 22.8 Å². The van der Waals surface area contributed by atoms with Crippen molar-refractivity contribution in [2.45, 2.75) is 13.0 Å². The minimum Gasteiger partial charge on any atom is -0.508 e. The summed E-state index contributed by atoms with van der Waals surface area (Å²) in [7, 11) is 4.06. The van der Waals surface area contributed by atoms with Gasteiger partial charge in [0.15, 0.2) is 0 Å². The van der Waals surface area contributed by atoms with E-state index in [2.05, 4.69) is 17.0 Å². The lowest BCUT2D eigenvalue weighted by Gasteiger charge is -2.22. The first-order valence-electron chi connectivity index (χ1n) is 7.18. The number of rotatable bonds is 6. The molecular weight excluding hydrogens is 262 g/mol. The van der Waals surface area contributed by atoms with Crippen LogP contribution in [0.4, 0.5) is 0 Å². The molecule has 1 N–H and O–H groups in total. The number of phenolic OH excluding ortho intramolecular Hbond substituents is 1. The van der Waals surface area contributed by atoms with E-state index < -0.39 is 0 Å². The predicted molar refractivity (Wildman–Crippen MR) is 85.6 cm³/mol. The zero-order chi connectivity index (χ0) is 15.2. The maximum atomic E-state index is 9.78. The standard InChI is InChI=1S/C18H23NO2/c1-14-9-10-16(20)13-17(14)18(21-12-11-19(2)3)15-7-5-4-6-8-15/h4-10,13,18,20H,11-12H2,1-3H3. The molecule has 0 fully saturated rings. The smallest absolute Gasteiger partial charge is 0.115 e. The molecule has 0 aromatic heterocycles. The van der Waals surface area contributed by atoms with E-state index in [-0.39, 0.29) is 11.9 Å². The maximum Gasteiger partial charge on any atom is 0.115 e. The van der Waals surface area contributed by atoms with Gasteiger partial charge in [0.25, 0.3) is 0 Å². The van der Waals surface area contributed by atoms with E-state index in [1.807, 2.05) is 45.3 Å². The fraction of sp³-hybridized carbons (Fsp3) is 0.333. The van der Waals surface area contributed by atoms with E-state index in [0.717, 1.165) is 23.2 Å². The molecule has 0 aliphatic rings. The fourth-order valence-electron chi connectivity index (χ4n) is 2.26. The average molecular weight is 285 g/mol. The predicted octanol–water partition coefficient (Wildman–Crippen LogP) is 3.37. The second-order valence-electron chi connectivity index (χ2n) is 5.51. The monoisotopic (exact) mass is 285 g/mol. The van der Waals surface area contributed by atoms with E-state index in [9.17, 15) is 5.11 Å². The topological polar surface area (TPSA) is 32.7 Å². The Labute approximate surface area is 126 Å². The van der Waals surface area contributed by atoms with Crippen LogP contribution >= 0.6 is 0 Å². The van der Waals surface area contributed by atoms with E-state index in [1.165, 1.54) is 0 Å².